The fourth-order valence-electron chi connectivity index (χ4n) is 1.83. The van der Waals surface area contributed by atoms with Gasteiger partial charge in [-0.3, -0.25) is 4.79 Å². The normalized spacial score (nSPS) is 11.0. The number of carbonyl (C=O) groups is 1. The molecule has 0 heterocycles. The van der Waals surface area contributed by atoms with Crippen LogP contribution < -0.4 is 0 Å². The molecule has 2 aromatic rings. The minimum absolute atomic E-state index is 0.0372. The van der Waals surface area contributed by atoms with Crippen LogP contribution in [0.5, 0.6) is 0 Å². The van der Waals surface area contributed by atoms with Crippen LogP contribution >= 0.6 is 0 Å². The zero-order chi connectivity index (χ0) is 15.5. The summed E-state index contributed by atoms with van der Waals surface area (Å²) >= 11 is 0. The van der Waals surface area contributed by atoms with Crippen molar-refractivity contribution in [3.05, 3.63) is 71.8 Å². The van der Waals surface area contributed by atoms with Crippen molar-refractivity contribution >= 4 is 5.97 Å². The van der Waals surface area contributed by atoms with E-state index in [4.69, 9.17) is 4.74 Å². The Kier molecular flexibility index (Phi) is 7.88. The molecule has 0 aromatic heterocycles. The number of carbonyl (C=O) groups excluding carboxylic acids is 1. The highest BCUT2D eigenvalue weighted by molar-refractivity contribution is 5.69. The van der Waals surface area contributed by atoms with E-state index in [0.29, 0.717) is 6.42 Å². The molecule has 0 fully saturated rings. The van der Waals surface area contributed by atoms with Crippen molar-refractivity contribution in [3.8, 4) is 0 Å². The van der Waals surface area contributed by atoms with Crippen molar-refractivity contribution in [3.63, 3.8) is 0 Å². The predicted molar refractivity (Wildman–Crippen MR) is 87.2 cm³/mol. The molecule has 0 saturated heterocycles. The number of hydrogen-bond acceptors (Lipinski definition) is 2. The summed E-state index contributed by atoms with van der Waals surface area (Å²) in [5.41, 5.74) is 2.52. The summed E-state index contributed by atoms with van der Waals surface area (Å²) in [6.45, 7) is 5.80. The fourth-order valence-corrected chi connectivity index (χ4v) is 1.83. The largest absolute Gasteiger partial charge is 0.462 e. The molecule has 2 aromatic carbocycles. The van der Waals surface area contributed by atoms with E-state index in [0.717, 1.165) is 6.42 Å². The molecular formula is C19H24O2. The molecule has 112 valence electrons. The molecule has 0 aliphatic heterocycles. The molecule has 0 saturated carbocycles. The average molecular weight is 284 g/mol. The minimum atomic E-state index is -0.131. The molecule has 21 heavy (non-hydrogen) atoms. The van der Waals surface area contributed by atoms with Gasteiger partial charge in [0.2, 0.25) is 0 Å². The number of esters is 1. The van der Waals surface area contributed by atoms with Gasteiger partial charge < -0.3 is 4.74 Å². The van der Waals surface area contributed by atoms with E-state index in [-0.39, 0.29) is 12.1 Å². The lowest BCUT2D eigenvalue weighted by molar-refractivity contribution is -0.147. The Morgan fingerprint density at radius 3 is 1.95 bits per heavy atom. The van der Waals surface area contributed by atoms with Gasteiger partial charge in [-0.15, -0.1) is 0 Å². The Hall–Kier alpha value is -2.09. The maximum absolute atomic E-state index is 11.0. The molecule has 0 aliphatic rings. The van der Waals surface area contributed by atoms with Gasteiger partial charge in [0.15, 0.2) is 0 Å². The zero-order valence-corrected chi connectivity index (χ0v) is 13.1. The van der Waals surface area contributed by atoms with Crippen molar-refractivity contribution in [2.24, 2.45) is 0 Å². The molecule has 2 heteroatoms. The van der Waals surface area contributed by atoms with Crippen LogP contribution in [0, 0.1) is 6.92 Å². The van der Waals surface area contributed by atoms with Crippen molar-refractivity contribution in [2.75, 3.05) is 0 Å². The second kappa shape index (κ2) is 9.76. The first-order valence-electron chi connectivity index (χ1n) is 7.37. The minimum Gasteiger partial charge on any atom is -0.462 e. The summed E-state index contributed by atoms with van der Waals surface area (Å²) in [7, 11) is 0. The van der Waals surface area contributed by atoms with E-state index < -0.39 is 0 Å². The Balaban J connectivity index is 0.000000262. The highest BCUT2D eigenvalue weighted by Crippen LogP contribution is 2.06. The van der Waals surface area contributed by atoms with Crippen LogP contribution in [0.15, 0.2) is 60.7 Å². The quantitative estimate of drug-likeness (QED) is 0.769. The highest BCUT2D eigenvalue weighted by atomic mass is 16.5. The van der Waals surface area contributed by atoms with Crippen molar-refractivity contribution < 1.29 is 9.53 Å². The molecule has 0 aliphatic carbocycles. The van der Waals surface area contributed by atoms with Crippen molar-refractivity contribution in [1.29, 1.82) is 0 Å². The van der Waals surface area contributed by atoms with Crippen LogP contribution in [0.1, 0.15) is 31.4 Å². The van der Waals surface area contributed by atoms with E-state index in [1.807, 2.05) is 55.5 Å². The maximum Gasteiger partial charge on any atom is 0.305 e. The number of hydrogen-bond donors (Lipinski definition) is 0. The summed E-state index contributed by atoms with van der Waals surface area (Å²) in [4.78, 5) is 11.0. The maximum atomic E-state index is 11.0. The summed E-state index contributed by atoms with van der Waals surface area (Å²) in [5, 5.41) is 0. The third-order valence-electron chi connectivity index (χ3n) is 2.93. The van der Waals surface area contributed by atoms with Gasteiger partial charge >= 0.3 is 5.97 Å². The SMILES string of the molecule is CCC(=O)OC(C)Cc1ccccc1.Cc1ccccc1. The summed E-state index contributed by atoms with van der Waals surface area (Å²) in [6, 6.07) is 20.3. The summed E-state index contributed by atoms with van der Waals surface area (Å²) < 4.78 is 5.16. The van der Waals surface area contributed by atoms with Gasteiger partial charge in [0.1, 0.15) is 6.10 Å². The molecular weight excluding hydrogens is 260 g/mol. The van der Waals surface area contributed by atoms with Gasteiger partial charge in [-0.05, 0) is 19.4 Å². The smallest absolute Gasteiger partial charge is 0.305 e. The molecule has 0 radical (unpaired) electrons. The molecule has 0 bridgehead atoms. The van der Waals surface area contributed by atoms with Crippen LogP contribution in [0.3, 0.4) is 0 Å². The first-order valence-corrected chi connectivity index (χ1v) is 7.37. The van der Waals surface area contributed by atoms with Crippen molar-refractivity contribution in [1.82, 2.24) is 0 Å². The van der Waals surface area contributed by atoms with Crippen LogP contribution in [0.25, 0.3) is 0 Å². The van der Waals surface area contributed by atoms with E-state index >= 15 is 0 Å². The van der Waals surface area contributed by atoms with Crippen LogP contribution in [-0.4, -0.2) is 12.1 Å². The summed E-state index contributed by atoms with van der Waals surface area (Å²) in [6.07, 6.45) is 1.19. The highest BCUT2D eigenvalue weighted by Gasteiger charge is 2.07. The zero-order valence-electron chi connectivity index (χ0n) is 13.1. The molecule has 1 unspecified atom stereocenters. The third-order valence-corrected chi connectivity index (χ3v) is 2.93. The lowest BCUT2D eigenvalue weighted by atomic mass is 10.1. The van der Waals surface area contributed by atoms with E-state index in [1.54, 1.807) is 6.92 Å². The molecule has 0 amide bonds. The summed E-state index contributed by atoms with van der Waals surface area (Å²) in [5.74, 6) is -0.131. The van der Waals surface area contributed by atoms with E-state index in [9.17, 15) is 4.79 Å². The first-order chi connectivity index (χ1) is 10.1. The topological polar surface area (TPSA) is 26.3 Å². The lowest BCUT2D eigenvalue weighted by Crippen LogP contribution is -2.16. The third kappa shape index (κ3) is 7.93. The van der Waals surface area contributed by atoms with Gasteiger partial charge in [-0.25, -0.2) is 0 Å². The second-order valence-electron chi connectivity index (χ2n) is 5.00. The molecule has 2 rings (SSSR count). The Bertz CT molecular complexity index is 506. The van der Waals surface area contributed by atoms with E-state index in [1.165, 1.54) is 11.1 Å². The molecule has 0 spiro atoms. The number of aryl methyl sites for hydroxylation is 1. The van der Waals surface area contributed by atoms with Crippen LogP contribution in [-0.2, 0) is 16.0 Å². The Morgan fingerprint density at radius 2 is 1.52 bits per heavy atom. The van der Waals surface area contributed by atoms with E-state index in [2.05, 4.69) is 19.1 Å². The first kappa shape index (κ1) is 17.0. The number of ether oxygens (including phenoxy) is 1. The van der Waals surface area contributed by atoms with Gasteiger partial charge in [0.05, 0.1) is 0 Å². The monoisotopic (exact) mass is 284 g/mol. The predicted octanol–water partition coefficient (Wildman–Crippen LogP) is 4.57. The van der Waals surface area contributed by atoms with Gasteiger partial charge in [-0.1, -0.05) is 73.2 Å². The van der Waals surface area contributed by atoms with Crippen molar-refractivity contribution in [2.45, 2.75) is 39.7 Å². The lowest BCUT2D eigenvalue weighted by Gasteiger charge is -2.12. The van der Waals surface area contributed by atoms with Gasteiger partial charge in [0, 0.05) is 12.8 Å². The number of benzene rings is 2. The standard InChI is InChI=1S/C12H16O2.C7H8/c1-3-12(13)14-10(2)9-11-7-5-4-6-8-11;1-7-5-3-2-4-6-7/h4-8,10H,3,9H2,1-2H3;2-6H,1H3. The Labute approximate surface area is 127 Å². The average Bonchev–Trinajstić information content (AvgIpc) is 2.49. The molecule has 2 nitrogen and oxygen atoms in total. The second-order valence-corrected chi connectivity index (χ2v) is 5.00. The van der Waals surface area contributed by atoms with Gasteiger partial charge in [-0.2, -0.15) is 0 Å². The van der Waals surface area contributed by atoms with Crippen LogP contribution in [0.4, 0.5) is 0 Å². The number of rotatable bonds is 4. The fraction of sp³-hybridized carbons (Fsp3) is 0.316. The Morgan fingerprint density at radius 1 is 1.00 bits per heavy atom. The van der Waals surface area contributed by atoms with Gasteiger partial charge in [0.25, 0.3) is 0 Å². The molecule has 1 atom stereocenters. The van der Waals surface area contributed by atoms with Crippen LogP contribution in [0.2, 0.25) is 0 Å². The molecule has 0 N–H and O–H groups in total.